The highest BCUT2D eigenvalue weighted by atomic mass is 32.2. The molecule has 148 valence electrons. The van der Waals surface area contributed by atoms with Crippen LogP contribution in [0.15, 0.2) is 70.5 Å². The molecule has 0 fully saturated rings. The van der Waals surface area contributed by atoms with Crippen molar-refractivity contribution in [3.63, 3.8) is 0 Å². The quantitative estimate of drug-likeness (QED) is 0.408. The van der Waals surface area contributed by atoms with Gasteiger partial charge in [0.05, 0.1) is 27.0 Å². The van der Waals surface area contributed by atoms with E-state index in [1.54, 1.807) is 33.1 Å². The summed E-state index contributed by atoms with van der Waals surface area (Å²) >= 11 is 1.68. The van der Waals surface area contributed by atoms with E-state index in [0.717, 1.165) is 21.7 Å². The summed E-state index contributed by atoms with van der Waals surface area (Å²) in [5.74, 6) is 1.88. The van der Waals surface area contributed by atoms with Gasteiger partial charge in [-0.15, -0.1) is 0 Å². The lowest BCUT2D eigenvalue weighted by atomic mass is 10.1. The molecule has 0 unspecified atom stereocenters. The van der Waals surface area contributed by atoms with Gasteiger partial charge in [-0.1, -0.05) is 59.8 Å². The summed E-state index contributed by atoms with van der Waals surface area (Å²) in [5.41, 5.74) is 4.61. The van der Waals surface area contributed by atoms with Crippen LogP contribution in [0.1, 0.15) is 5.56 Å². The molecule has 3 aromatic carbocycles. The predicted molar refractivity (Wildman–Crippen MR) is 119 cm³/mol. The second-order valence-electron chi connectivity index (χ2n) is 6.70. The fraction of sp³-hybridized carbons (Fsp3) is 0.167. The smallest absolute Gasteiger partial charge is 0.203 e. The van der Waals surface area contributed by atoms with Crippen molar-refractivity contribution in [3.8, 4) is 28.5 Å². The maximum atomic E-state index is 5.53. The van der Waals surface area contributed by atoms with Gasteiger partial charge in [-0.25, -0.2) is 0 Å². The molecule has 5 heteroatoms. The van der Waals surface area contributed by atoms with Crippen LogP contribution >= 0.6 is 11.8 Å². The Morgan fingerprint density at radius 3 is 2.07 bits per heavy atom. The Morgan fingerprint density at radius 2 is 1.45 bits per heavy atom. The molecule has 0 radical (unpaired) electrons. The molecule has 0 saturated heterocycles. The molecule has 4 nitrogen and oxygen atoms in total. The normalized spacial score (nSPS) is 10.9. The number of H-pyrrole nitrogens is 1. The number of methoxy groups -OCH3 is 3. The zero-order valence-corrected chi connectivity index (χ0v) is 17.7. The van der Waals surface area contributed by atoms with Crippen molar-refractivity contribution in [2.45, 2.75) is 16.7 Å². The van der Waals surface area contributed by atoms with Crippen molar-refractivity contribution < 1.29 is 14.2 Å². The number of benzene rings is 3. The lowest BCUT2D eigenvalue weighted by Gasteiger charge is -2.14. The molecule has 0 bridgehead atoms. The molecule has 0 aliphatic carbocycles. The van der Waals surface area contributed by atoms with Gasteiger partial charge in [0.1, 0.15) is 0 Å². The summed E-state index contributed by atoms with van der Waals surface area (Å²) in [6, 6.07) is 20.9. The third-order valence-electron chi connectivity index (χ3n) is 4.86. The van der Waals surface area contributed by atoms with E-state index in [0.29, 0.717) is 17.2 Å². The maximum absolute atomic E-state index is 5.53. The SMILES string of the molecule is COc1cc(Sc2c(-c3ccc(C)cc3)[nH]c3ccccc23)cc(OC)c1OC. The molecule has 4 rings (SSSR count). The first-order chi connectivity index (χ1) is 14.1. The minimum atomic E-state index is 0.594. The molecule has 4 aromatic rings. The average molecular weight is 406 g/mol. The van der Waals surface area contributed by atoms with E-state index < -0.39 is 0 Å². The van der Waals surface area contributed by atoms with Crippen molar-refractivity contribution in [2.75, 3.05) is 21.3 Å². The van der Waals surface area contributed by atoms with Crippen LogP contribution in [-0.2, 0) is 0 Å². The first-order valence-electron chi connectivity index (χ1n) is 9.30. The fourth-order valence-electron chi connectivity index (χ4n) is 3.38. The van der Waals surface area contributed by atoms with Crippen LogP contribution in [0.25, 0.3) is 22.2 Å². The minimum Gasteiger partial charge on any atom is -0.493 e. The van der Waals surface area contributed by atoms with Gasteiger partial charge in [-0.2, -0.15) is 0 Å². The maximum Gasteiger partial charge on any atom is 0.203 e. The van der Waals surface area contributed by atoms with Crippen LogP contribution in [0, 0.1) is 6.92 Å². The van der Waals surface area contributed by atoms with Gasteiger partial charge >= 0.3 is 0 Å². The zero-order valence-electron chi connectivity index (χ0n) is 16.9. The monoisotopic (exact) mass is 405 g/mol. The molecule has 0 amide bonds. The van der Waals surface area contributed by atoms with Gasteiger partial charge < -0.3 is 19.2 Å². The van der Waals surface area contributed by atoms with E-state index in [2.05, 4.69) is 54.4 Å². The van der Waals surface area contributed by atoms with Gasteiger partial charge in [-0.05, 0) is 30.7 Å². The Balaban J connectivity index is 1.86. The Labute approximate surface area is 174 Å². The minimum absolute atomic E-state index is 0.594. The van der Waals surface area contributed by atoms with Gasteiger partial charge in [0, 0.05) is 20.7 Å². The molecule has 0 aliphatic rings. The second kappa shape index (κ2) is 8.13. The first-order valence-corrected chi connectivity index (χ1v) is 10.1. The molecule has 0 spiro atoms. The lowest BCUT2D eigenvalue weighted by molar-refractivity contribution is 0.323. The predicted octanol–water partition coefficient (Wildman–Crippen LogP) is 6.32. The van der Waals surface area contributed by atoms with Crippen molar-refractivity contribution in [1.29, 1.82) is 0 Å². The number of aromatic amines is 1. The summed E-state index contributed by atoms with van der Waals surface area (Å²) in [6.45, 7) is 2.10. The highest BCUT2D eigenvalue weighted by molar-refractivity contribution is 7.99. The van der Waals surface area contributed by atoms with Crippen LogP contribution in [-0.4, -0.2) is 26.3 Å². The highest BCUT2D eigenvalue weighted by Crippen LogP contribution is 2.46. The molecule has 0 aliphatic heterocycles. The Kier molecular flexibility index (Phi) is 5.41. The van der Waals surface area contributed by atoms with Crippen LogP contribution < -0.4 is 14.2 Å². The standard InChI is InChI=1S/C24H23NO3S/c1-15-9-11-16(12-10-15)22-24(18-7-5-6-8-19(18)25-22)29-17-13-20(26-2)23(28-4)21(14-17)27-3/h5-14,25H,1-4H3. The Hall–Kier alpha value is -3.05. The van der Waals surface area contributed by atoms with Crippen molar-refractivity contribution in [1.82, 2.24) is 4.98 Å². The van der Waals surface area contributed by atoms with E-state index in [4.69, 9.17) is 14.2 Å². The van der Waals surface area contributed by atoms with Crippen molar-refractivity contribution in [2.24, 2.45) is 0 Å². The fourth-order valence-corrected chi connectivity index (χ4v) is 4.51. The topological polar surface area (TPSA) is 43.5 Å². The summed E-state index contributed by atoms with van der Waals surface area (Å²) in [5, 5.41) is 1.18. The van der Waals surface area contributed by atoms with Gasteiger partial charge in [0.25, 0.3) is 0 Å². The number of rotatable bonds is 6. The van der Waals surface area contributed by atoms with E-state index in [1.165, 1.54) is 15.8 Å². The van der Waals surface area contributed by atoms with Crippen molar-refractivity contribution >= 4 is 22.7 Å². The van der Waals surface area contributed by atoms with Gasteiger partial charge in [0.2, 0.25) is 5.75 Å². The summed E-state index contributed by atoms with van der Waals surface area (Å²) in [4.78, 5) is 5.77. The summed E-state index contributed by atoms with van der Waals surface area (Å²) in [6.07, 6.45) is 0. The molecular weight excluding hydrogens is 382 g/mol. The number of fused-ring (bicyclic) bond motifs is 1. The van der Waals surface area contributed by atoms with E-state index in [9.17, 15) is 0 Å². The third-order valence-corrected chi connectivity index (χ3v) is 5.96. The van der Waals surface area contributed by atoms with Gasteiger partial charge in [-0.3, -0.25) is 0 Å². The molecule has 29 heavy (non-hydrogen) atoms. The van der Waals surface area contributed by atoms with Crippen LogP contribution in [0.2, 0.25) is 0 Å². The number of aryl methyl sites for hydroxylation is 1. The summed E-state index contributed by atoms with van der Waals surface area (Å²) in [7, 11) is 4.88. The molecular formula is C24H23NO3S. The molecule has 0 atom stereocenters. The third kappa shape index (κ3) is 3.66. The second-order valence-corrected chi connectivity index (χ2v) is 7.79. The van der Waals surface area contributed by atoms with Crippen LogP contribution in [0.4, 0.5) is 0 Å². The van der Waals surface area contributed by atoms with E-state index in [-0.39, 0.29) is 0 Å². The Bertz CT molecular complexity index is 1120. The average Bonchev–Trinajstić information content (AvgIpc) is 3.12. The first kappa shape index (κ1) is 19.3. The number of aromatic nitrogens is 1. The Morgan fingerprint density at radius 1 is 0.793 bits per heavy atom. The van der Waals surface area contributed by atoms with Crippen LogP contribution in [0.5, 0.6) is 17.2 Å². The number of para-hydroxylation sites is 1. The summed E-state index contributed by atoms with van der Waals surface area (Å²) < 4.78 is 16.5. The largest absolute Gasteiger partial charge is 0.493 e. The number of hydrogen-bond donors (Lipinski definition) is 1. The number of hydrogen-bond acceptors (Lipinski definition) is 4. The molecule has 0 saturated carbocycles. The van der Waals surface area contributed by atoms with Crippen molar-refractivity contribution in [3.05, 3.63) is 66.2 Å². The van der Waals surface area contributed by atoms with E-state index >= 15 is 0 Å². The molecule has 1 heterocycles. The van der Waals surface area contributed by atoms with E-state index in [1.807, 2.05) is 18.2 Å². The van der Waals surface area contributed by atoms with Gasteiger partial charge in [0.15, 0.2) is 11.5 Å². The molecule has 1 aromatic heterocycles. The molecule has 1 N–H and O–H groups in total. The number of ether oxygens (including phenoxy) is 3. The lowest BCUT2D eigenvalue weighted by Crippen LogP contribution is -1.95. The number of nitrogens with one attached hydrogen (secondary N) is 1. The zero-order chi connectivity index (χ0) is 20.4. The highest BCUT2D eigenvalue weighted by Gasteiger charge is 2.18. The van der Waals surface area contributed by atoms with Crippen LogP contribution in [0.3, 0.4) is 0 Å².